The lowest BCUT2D eigenvalue weighted by molar-refractivity contribution is 0.0988. The second kappa shape index (κ2) is 6.89. The van der Waals surface area contributed by atoms with Gasteiger partial charge in [0.2, 0.25) is 0 Å². The van der Waals surface area contributed by atoms with Crippen LogP contribution in [0.15, 0.2) is 82.3 Å². The fourth-order valence-corrected chi connectivity index (χ4v) is 3.51. The summed E-state index contributed by atoms with van der Waals surface area (Å²) in [5, 5.41) is 0. The maximum absolute atomic E-state index is 13.1. The van der Waals surface area contributed by atoms with Gasteiger partial charge in [-0.2, -0.15) is 0 Å². The Labute approximate surface area is 160 Å². The first-order valence-corrected chi connectivity index (χ1v) is 9.08. The number of ether oxygens (including phenoxy) is 1. The Kier molecular flexibility index (Phi) is 4.43. The minimum Gasteiger partial charge on any atom is -0.497 e. The summed E-state index contributed by atoms with van der Waals surface area (Å²) < 4.78 is 6.23. The number of hydrogen-bond acceptors (Lipinski definition) is 3. The number of benzene rings is 3. The van der Waals surface area contributed by atoms with Crippen LogP contribution in [0.1, 0.15) is 27.4 Å². The van der Waals surface area contributed by atoms with E-state index < -0.39 is 5.92 Å². The molecule has 0 unspecified atom stereocenters. The molecule has 0 amide bonds. The zero-order chi connectivity index (χ0) is 18.1. The van der Waals surface area contributed by atoms with Crippen molar-refractivity contribution in [2.45, 2.75) is 5.92 Å². The Morgan fingerprint density at radius 3 is 2.19 bits per heavy atom. The predicted octanol–water partition coefficient (Wildman–Crippen LogP) is 5.56. The third-order valence-corrected chi connectivity index (χ3v) is 5.06. The summed E-state index contributed by atoms with van der Waals surface area (Å²) in [6.45, 7) is 0. The number of hydrogen-bond donors (Lipinski definition) is 0. The van der Waals surface area contributed by atoms with Gasteiger partial charge in [0.25, 0.3) is 0 Å². The van der Waals surface area contributed by atoms with E-state index in [9.17, 15) is 4.79 Å². The van der Waals surface area contributed by atoms with Crippen LogP contribution in [0, 0.1) is 0 Å². The number of nitrogens with zero attached hydrogens (tertiary/aromatic N) is 1. The van der Waals surface area contributed by atoms with Gasteiger partial charge in [-0.1, -0.05) is 52.3 Å². The molecule has 0 N–H and O–H groups in total. The molecule has 0 aromatic heterocycles. The monoisotopic (exact) mass is 405 g/mol. The molecular formula is C22H16BrNO2. The highest BCUT2D eigenvalue weighted by atomic mass is 79.9. The molecule has 3 aromatic carbocycles. The van der Waals surface area contributed by atoms with Gasteiger partial charge in [-0.25, -0.2) is 0 Å². The average Bonchev–Trinajstić information content (AvgIpc) is 2.96. The maximum atomic E-state index is 13.1. The van der Waals surface area contributed by atoms with E-state index in [-0.39, 0.29) is 5.78 Å². The van der Waals surface area contributed by atoms with Gasteiger partial charge < -0.3 is 4.74 Å². The van der Waals surface area contributed by atoms with E-state index in [0.29, 0.717) is 0 Å². The van der Waals surface area contributed by atoms with Crippen molar-refractivity contribution in [3.8, 4) is 5.75 Å². The van der Waals surface area contributed by atoms with Crippen molar-refractivity contribution < 1.29 is 9.53 Å². The van der Waals surface area contributed by atoms with Crippen molar-refractivity contribution in [2.24, 2.45) is 4.99 Å². The van der Waals surface area contributed by atoms with Crippen molar-refractivity contribution in [1.82, 2.24) is 0 Å². The summed E-state index contributed by atoms with van der Waals surface area (Å²) in [5.74, 6) is 0.451. The SMILES string of the molecule is COc1ccc([C@@H]2C(=O)c3ccccc3C2=Nc2ccc(Br)cc2)cc1. The Hall–Kier alpha value is -2.72. The van der Waals surface area contributed by atoms with E-state index in [1.54, 1.807) is 7.11 Å². The minimum absolute atomic E-state index is 0.0848. The normalized spacial score (nSPS) is 17.4. The molecule has 128 valence electrons. The van der Waals surface area contributed by atoms with Gasteiger partial charge in [-0.3, -0.25) is 9.79 Å². The molecule has 0 radical (unpaired) electrons. The van der Waals surface area contributed by atoms with E-state index in [0.717, 1.165) is 38.3 Å². The summed E-state index contributed by atoms with van der Waals surface area (Å²) in [4.78, 5) is 17.9. The van der Waals surface area contributed by atoms with E-state index >= 15 is 0 Å². The Morgan fingerprint density at radius 1 is 0.885 bits per heavy atom. The summed E-state index contributed by atoms with van der Waals surface area (Å²) >= 11 is 3.44. The quantitative estimate of drug-likeness (QED) is 0.571. The minimum atomic E-state index is -0.401. The molecular weight excluding hydrogens is 390 g/mol. The summed E-state index contributed by atoms with van der Waals surface area (Å²) in [5.41, 5.74) is 4.16. The predicted molar refractivity (Wildman–Crippen MR) is 107 cm³/mol. The Balaban J connectivity index is 1.85. The number of fused-ring (bicyclic) bond motifs is 1. The van der Waals surface area contributed by atoms with Crippen molar-refractivity contribution in [3.05, 3.63) is 94.0 Å². The van der Waals surface area contributed by atoms with Crippen LogP contribution < -0.4 is 4.74 Å². The van der Waals surface area contributed by atoms with Crippen LogP contribution in [0.2, 0.25) is 0 Å². The van der Waals surface area contributed by atoms with Gasteiger partial charge in [-0.05, 0) is 42.0 Å². The Morgan fingerprint density at radius 2 is 1.54 bits per heavy atom. The highest BCUT2D eigenvalue weighted by Gasteiger charge is 2.37. The molecule has 1 aliphatic rings. The van der Waals surface area contributed by atoms with Crippen molar-refractivity contribution in [2.75, 3.05) is 7.11 Å². The standard InChI is InChI=1S/C22H16BrNO2/c1-26-17-12-6-14(7-13-17)20-21(24-16-10-8-15(23)9-11-16)18-4-2-3-5-19(18)22(20)25/h2-13,20H,1H3/t20-/m0/s1. The average molecular weight is 406 g/mol. The van der Waals surface area contributed by atoms with E-state index in [2.05, 4.69) is 15.9 Å². The largest absolute Gasteiger partial charge is 0.497 e. The van der Waals surface area contributed by atoms with Gasteiger partial charge in [0, 0.05) is 15.6 Å². The summed E-state index contributed by atoms with van der Waals surface area (Å²) in [6.07, 6.45) is 0. The number of methoxy groups -OCH3 is 1. The number of carbonyl (C=O) groups is 1. The van der Waals surface area contributed by atoms with Crippen LogP contribution in [0.3, 0.4) is 0 Å². The molecule has 4 rings (SSSR count). The smallest absolute Gasteiger partial charge is 0.176 e. The molecule has 26 heavy (non-hydrogen) atoms. The molecule has 1 aliphatic carbocycles. The second-order valence-corrected chi connectivity index (χ2v) is 7.01. The highest BCUT2D eigenvalue weighted by molar-refractivity contribution is 9.10. The van der Waals surface area contributed by atoms with Crippen LogP contribution >= 0.6 is 15.9 Å². The first-order valence-electron chi connectivity index (χ1n) is 8.29. The molecule has 0 saturated carbocycles. The van der Waals surface area contributed by atoms with Crippen LogP contribution in [-0.2, 0) is 0 Å². The van der Waals surface area contributed by atoms with Crippen LogP contribution in [0.5, 0.6) is 5.75 Å². The topological polar surface area (TPSA) is 38.7 Å². The van der Waals surface area contributed by atoms with Crippen LogP contribution in [0.25, 0.3) is 0 Å². The number of carbonyl (C=O) groups excluding carboxylic acids is 1. The molecule has 0 aliphatic heterocycles. The zero-order valence-electron chi connectivity index (χ0n) is 14.1. The number of halogens is 1. The molecule has 0 spiro atoms. The first kappa shape index (κ1) is 16.7. The van der Waals surface area contributed by atoms with Gasteiger partial charge >= 0.3 is 0 Å². The van der Waals surface area contributed by atoms with Crippen molar-refractivity contribution in [3.63, 3.8) is 0 Å². The number of Topliss-reactive ketones (excluding diaryl/α,β-unsaturated/α-hetero) is 1. The molecule has 0 heterocycles. The summed E-state index contributed by atoms with van der Waals surface area (Å²) in [7, 11) is 1.63. The third kappa shape index (κ3) is 2.97. The van der Waals surface area contributed by atoms with Gasteiger partial charge in [-0.15, -0.1) is 0 Å². The first-order chi connectivity index (χ1) is 12.7. The molecule has 0 bridgehead atoms. The number of rotatable bonds is 3. The molecule has 3 nitrogen and oxygen atoms in total. The number of ketones is 1. The molecule has 4 heteroatoms. The molecule has 1 atom stereocenters. The second-order valence-electron chi connectivity index (χ2n) is 6.09. The lowest BCUT2D eigenvalue weighted by Crippen LogP contribution is -2.13. The van der Waals surface area contributed by atoms with Gasteiger partial charge in [0.15, 0.2) is 5.78 Å². The fourth-order valence-electron chi connectivity index (χ4n) is 3.24. The summed E-state index contributed by atoms with van der Waals surface area (Å²) in [6, 6.07) is 23.1. The van der Waals surface area contributed by atoms with Crippen molar-refractivity contribution in [1.29, 1.82) is 0 Å². The van der Waals surface area contributed by atoms with E-state index in [1.165, 1.54) is 0 Å². The molecule has 0 saturated heterocycles. The maximum Gasteiger partial charge on any atom is 0.176 e. The van der Waals surface area contributed by atoms with Crippen LogP contribution in [-0.4, -0.2) is 18.6 Å². The number of aliphatic imine (C=N–C) groups is 1. The lowest BCUT2D eigenvalue weighted by Gasteiger charge is -2.12. The highest BCUT2D eigenvalue weighted by Crippen LogP contribution is 2.36. The molecule has 3 aromatic rings. The van der Waals surface area contributed by atoms with E-state index in [1.807, 2.05) is 72.8 Å². The lowest BCUT2D eigenvalue weighted by atomic mass is 9.93. The van der Waals surface area contributed by atoms with Crippen molar-refractivity contribution >= 4 is 33.1 Å². The Bertz CT molecular complexity index is 991. The van der Waals surface area contributed by atoms with E-state index in [4.69, 9.17) is 9.73 Å². The zero-order valence-corrected chi connectivity index (χ0v) is 15.7. The van der Waals surface area contributed by atoms with Gasteiger partial charge in [0.1, 0.15) is 5.75 Å². The van der Waals surface area contributed by atoms with Gasteiger partial charge in [0.05, 0.1) is 24.4 Å². The molecule has 0 fully saturated rings. The fraction of sp³-hybridized carbons (Fsp3) is 0.0909. The van der Waals surface area contributed by atoms with Crippen LogP contribution in [0.4, 0.5) is 5.69 Å². The third-order valence-electron chi connectivity index (χ3n) is 4.53.